The van der Waals surface area contributed by atoms with Crippen LogP contribution < -0.4 is 0 Å². The van der Waals surface area contributed by atoms with Gasteiger partial charge in [-0.1, -0.05) is 12.5 Å². The van der Waals surface area contributed by atoms with Gasteiger partial charge in [-0.2, -0.15) is 0 Å². The highest BCUT2D eigenvalue weighted by atomic mass is 15.1. The van der Waals surface area contributed by atoms with Gasteiger partial charge in [0.15, 0.2) is 0 Å². The minimum Gasteiger partial charge on any atom is -0.375 e. The van der Waals surface area contributed by atoms with E-state index in [-0.39, 0.29) is 0 Å². The van der Waals surface area contributed by atoms with Crippen LogP contribution in [0.15, 0.2) is 11.3 Å². The van der Waals surface area contributed by atoms with Crippen molar-refractivity contribution in [3.63, 3.8) is 0 Å². The minimum absolute atomic E-state index is 1.20. The largest absolute Gasteiger partial charge is 0.375 e. The van der Waals surface area contributed by atoms with Crippen LogP contribution in [0.5, 0.6) is 0 Å². The fourth-order valence-corrected chi connectivity index (χ4v) is 1.88. The van der Waals surface area contributed by atoms with Crippen molar-refractivity contribution in [3.05, 3.63) is 11.3 Å². The van der Waals surface area contributed by atoms with Gasteiger partial charge < -0.3 is 4.90 Å². The molecule has 0 bridgehead atoms. The molecule has 0 aromatic rings. The Morgan fingerprint density at radius 1 is 1.18 bits per heavy atom. The van der Waals surface area contributed by atoms with Crippen molar-refractivity contribution in [1.29, 1.82) is 0 Å². The molecule has 1 heterocycles. The van der Waals surface area contributed by atoms with E-state index in [1.165, 1.54) is 37.9 Å². The van der Waals surface area contributed by atoms with Gasteiger partial charge in [0, 0.05) is 18.8 Å². The highest BCUT2D eigenvalue weighted by Gasteiger charge is 2.13. The van der Waals surface area contributed by atoms with Gasteiger partial charge in [0.2, 0.25) is 0 Å². The Morgan fingerprint density at radius 2 is 1.73 bits per heavy atom. The third-order valence-electron chi connectivity index (χ3n) is 2.40. The lowest BCUT2D eigenvalue weighted by molar-refractivity contribution is 0.408. The molecule has 0 aromatic carbocycles. The monoisotopic (exact) mass is 153 g/mol. The Morgan fingerprint density at radius 3 is 2.09 bits per heavy atom. The summed E-state index contributed by atoms with van der Waals surface area (Å²) < 4.78 is 0. The summed E-state index contributed by atoms with van der Waals surface area (Å²) in [4.78, 5) is 2.54. The van der Waals surface area contributed by atoms with Crippen LogP contribution >= 0.6 is 0 Å². The van der Waals surface area contributed by atoms with Crippen molar-refractivity contribution < 1.29 is 0 Å². The summed E-state index contributed by atoms with van der Waals surface area (Å²) >= 11 is 0. The van der Waals surface area contributed by atoms with Gasteiger partial charge >= 0.3 is 0 Å². The number of hydrogen-bond donors (Lipinski definition) is 0. The van der Waals surface area contributed by atoms with E-state index < -0.39 is 0 Å². The van der Waals surface area contributed by atoms with E-state index in [1.54, 1.807) is 5.70 Å². The maximum atomic E-state index is 2.54. The third-order valence-corrected chi connectivity index (χ3v) is 2.40. The van der Waals surface area contributed by atoms with Crippen LogP contribution in [0.3, 0.4) is 0 Å². The molecule has 11 heavy (non-hydrogen) atoms. The molecule has 0 N–H and O–H groups in total. The second-order valence-corrected chi connectivity index (χ2v) is 3.49. The first-order valence-corrected chi connectivity index (χ1v) is 4.67. The van der Waals surface area contributed by atoms with E-state index in [9.17, 15) is 0 Å². The first kappa shape index (κ1) is 8.63. The SMILES string of the molecule is CCC(=C(C)C)N1CCCC1. The van der Waals surface area contributed by atoms with Gasteiger partial charge in [0.25, 0.3) is 0 Å². The summed E-state index contributed by atoms with van der Waals surface area (Å²) in [6.45, 7) is 9.26. The van der Waals surface area contributed by atoms with Crippen LogP contribution in [0.2, 0.25) is 0 Å². The molecule has 0 amide bonds. The zero-order valence-corrected chi connectivity index (χ0v) is 7.98. The lowest BCUT2D eigenvalue weighted by Crippen LogP contribution is -2.18. The maximum absolute atomic E-state index is 2.54. The van der Waals surface area contributed by atoms with Crippen LogP contribution in [0.1, 0.15) is 40.0 Å². The molecule has 0 saturated carbocycles. The molecule has 1 rings (SSSR count). The molecule has 1 aliphatic heterocycles. The average Bonchev–Trinajstić information content (AvgIpc) is 2.40. The smallest absolute Gasteiger partial charge is 0.0175 e. The van der Waals surface area contributed by atoms with Crippen molar-refractivity contribution in [2.24, 2.45) is 0 Å². The topological polar surface area (TPSA) is 3.24 Å². The summed E-state index contributed by atoms with van der Waals surface area (Å²) in [5, 5.41) is 0. The molecule has 1 heteroatoms. The zero-order valence-electron chi connectivity index (χ0n) is 7.98. The maximum Gasteiger partial charge on any atom is 0.0175 e. The fourth-order valence-electron chi connectivity index (χ4n) is 1.88. The summed E-state index contributed by atoms with van der Waals surface area (Å²) in [6, 6.07) is 0. The van der Waals surface area contributed by atoms with Crippen LogP contribution in [0, 0.1) is 0 Å². The van der Waals surface area contributed by atoms with Crippen LogP contribution in [0.25, 0.3) is 0 Å². The van der Waals surface area contributed by atoms with Crippen molar-refractivity contribution in [2.45, 2.75) is 40.0 Å². The first-order chi connectivity index (χ1) is 5.25. The molecule has 1 fully saturated rings. The quantitative estimate of drug-likeness (QED) is 0.589. The third kappa shape index (κ3) is 1.98. The molecule has 0 spiro atoms. The lowest BCUT2D eigenvalue weighted by atomic mass is 10.2. The molecule has 0 atom stereocenters. The van der Waals surface area contributed by atoms with Gasteiger partial charge in [-0.15, -0.1) is 0 Å². The predicted octanol–water partition coefficient (Wildman–Crippen LogP) is 2.79. The molecule has 0 aliphatic carbocycles. The van der Waals surface area contributed by atoms with Gasteiger partial charge in [-0.05, 0) is 33.1 Å². The molecule has 1 saturated heterocycles. The normalized spacial score (nSPS) is 17.2. The molecular formula is C10H19N. The summed E-state index contributed by atoms with van der Waals surface area (Å²) in [5.41, 5.74) is 3.07. The Bertz CT molecular complexity index is 148. The number of nitrogens with zero attached hydrogens (tertiary/aromatic N) is 1. The molecule has 0 unspecified atom stereocenters. The number of rotatable bonds is 2. The second-order valence-electron chi connectivity index (χ2n) is 3.49. The van der Waals surface area contributed by atoms with E-state index in [0.29, 0.717) is 0 Å². The minimum atomic E-state index is 1.20. The molecule has 64 valence electrons. The van der Waals surface area contributed by atoms with Crippen LogP contribution in [0.4, 0.5) is 0 Å². The first-order valence-electron chi connectivity index (χ1n) is 4.67. The predicted molar refractivity (Wildman–Crippen MR) is 49.5 cm³/mol. The second kappa shape index (κ2) is 3.80. The van der Waals surface area contributed by atoms with Crippen LogP contribution in [-0.2, 0) is 0 Å². The standard InChI is InChI=1S/C10H19N/c1-4-10(9(2)3)11-7-5-6-8-11/h4-8H2,1-3H3. The fraction of sp³-hybridized carbons (Fsp3) is 0.800. The van der Waals surface area contributed by atoms with Crippen molar-refractivity contribution >= 4 is 0 Å². The van der Waals surface area contributed by atoms with Gasteiger partial charge in [-0.3, -0.25) is 0 Å². The Balaban J connectivity index is 2.61. The van der Waals surface area contributed by atoms with E-state index >= 15 is 0 Å². The molecule has 1 aliphatic rings. The van der Waals surface area contributed by atoms with Crippen molar-refractivity contribution in [2.75, 3.05) is 13.1 Å². The van der Waals surface area contributed by atoms with Crippen molar-refractivity contribution in [3.8, 4) is 0 Å². The lowest BCUT2D eigenvalue weighted by Gasteiger charge is -2.22. The molecule has 1 nitrogen and oxygen atoms in total. The summed E-state index contributed by atoms with van der Waals surface area (Å²) in [7, 11) is 0. The summed E-state index contributed by atoms with van der Waals surface area (Å²) in [6.07, 6.45) is 3.97. The number of allylic oxidation sites excluding steroid dienone is 2. The Kier molecular flexibility index (Phi) is 2.98. The Labute approximate surface area is 70.1 Å². The molecule has 0 aromatic heterocycles. The van der Waals surface area contributed by atoms with E-state index in [1.807, 2.05) is 0 Å². The van der Waals surface area contributed by atoms with E-state index in [2.05, 4.69) is 25.7 Å². The Hall–Kier alpha value is -0.460. The highest BCUT2D eigenvalue weighted by Crippen LogP contribution is 2.19. The van der Waals surface area contributed by atoms with E-state index in [4.69, 9.17) is 0 Å². The van der Waals surface area contributed by atoms with Gasteiger partial charge in [-0.25, -0.2) is 0 Å². The average molecular weight is 153 g/mol. The highest BCUT2D eigenvalue weighted by molar-refractivity contribution is 5.09. The van der Waals surface area contributed by atoms with Gasteiger partial charge in [0.1, 0.15) is 0 Å². The van der Waals surface area contributed by atoms with Crippen LogP contribution in [-0.4, -0.2) is 18.0 Å². The van der Waals surface area contributed by atoms with Crippen molar-refractivity contribution in [1.82, 2.24) is 4.90 Å². The molecule has 0 radical (unpaired) electrons. The summed E-state index contributed by atoms with van der Waals surface area (Å²) in [5.74, 6) is 0. The number of likely N-dealkylation sites (tertiary alicyclic amines) is 1. The van der Waals surface area contributed by atoms with E-state index in [0.717, 1.165) is 0 Å². The molecular weight excluding hydrogens is 134 g/mol. The zero-order chi connectivity index (χ0) is 8.27. The number of hydrogen-bond acceptors (Lipinski definition) is 1. The van der Waals surface area contributed by atoms with Gasteiger partial charge in [0.05, 0.1) is 0 Å².